The topological polar surface area (TPSA) is 245 Å². The van der Waals surface area contributed by atoms with Crippen molar-refractivity contribution in [3.8, 4) is 23.0 Å². The minimum Gasteiger partial charge on any atom is -0.872 e. The van der Waals surface area contributed by atoms with Gasteiger partial charge < -0.3 is 50.7 Å². The number of aliphatic hydroxyl groups excluding tert-OH is 4. The third-order valence-corrected chi connectivity index (χ3v) is 6.32. The summed E-state index contributed by atoms with van der Waals surface area (Å²) in [4.78, 5) is 38.0. The number of hydrogen-bond acceptors (Lipinski definition) is 12. The van der Waals surface area contributed by atoms with E-state index in [0.29, 0.717) is 6.07 Å². The first-order valence-corrected chi connectivity index (χ1v) is 10.1. The van der Waals surface area contributed by atoms with E-state index in [0.717, 1.165) is 6.92 Å². The molecule has 14 heteroatoms. The first kappa shape index (κ1) is 27.4. The SMILES string of the molecule is Cc1c(C(=O)O)c([O-])cc2c1C(=O)c1c(O)c([C@@H]3O[C@H](CO)[C@@H](O)[C@H](O)[C@H]3O)c(O)c(O)c1C2=O.[Li+]. The number of ether oxygens (including phenoxy) is 1. The number of phenolic OH excluding ortho intramolecular Hbond substituents is 3. The van der Waals surface area contributed by atoms with Gasteiger partial charge in [-0.05, 0) is 12.5 Å². The average molecular weight is 498 g/mol. The zero-order chi connectivity index (χ0) is 26.1. The van der Waals surface area contributed by atoms with E-state index in [-0.39, 0.29) is 24.4 Å². The zero-order valence-electron chi connectivity index (χ0n) is 18.8. The maximum absolute atomic E-state index is 13.4. The van der Waals surface area contributed by atoms with Crippen molar-refractivity contribution in [1.82, 2.24) is 0 Å². The van der Waals surface area contributed by atoms with E-state index in [1.165, 1.54) is 0 Å². The van der Waals surface area contributed by atoms with Gasteiger partial charge in [-0.2, -0.15) is 0 Å². The van der Waals surface area contributed by atoms with Crippen molar-refractivity contribution < 1.29 is 83.9 Å². The van der Waals surface area contributed by atoms with Crippen molar-refractivity contribution in [2.24, 2.45) is 0 Å². The van der Waals surface area contributed by atoms with E-state index >= 15 is 0 Å². The Hall–Kier alpha value is -3.15. The summed E-state index contributed by atoms with van der Waals surface area (Å²) in [7, 11) is 0. The van der Waals surface area contributed by atoms with Gasteiger partial charge in [0.05, 0.1) is 28.9 Å². The Morgan fingerprint density at radius 3 is 2.08 bits per heavy atom. The van der Waals surface area contributed by atoms with E-state index < -0.39 is 111 Å². The van der Waals surface area contributed by atoms with Gasteiger partial charge in [0.25, 0.3) is 0 Å². The number of aromatic carboxylic acids is 1. The molecule has 36 heavy (non-hydrogen) atoms. The fourth-order valence-electron chi connectivity index (χ4n) is 4.57. The maximum Gasteiger partial charge on any atom is 1.00 e. The van der Waals surface area contributed by atoms with Crippen LogP contribution in [0.25, 0.3) is 0 Å². The van der Waals surface area contributed by atoms with Crippen LogP contribution < -0.4 is 24.0 Å². The number of benzene rings is 2. The smallest absolute Gasteiger partial charge is 0.872 e. The molecule has 186 valence electrons. The maximum atomic E-state index is 13.4. The molecule has 4 rings (SSSR count). The van der Waals surface area contributed by atoms with E-state index in [1.807, 2.05) is 0 Å². The van der Waals surface area contributed by atoms with E-state index in [1.54, 1.807) is 0 Å². The van der Waals surface area contributed by atoms with Gasteiger partial charge in [-0.3, -0.25) is 9.59 Å². The number of carboxylic acid groups (broad SMARTS) is 1. The monoisotopic (exact) mass is 498 g/mol. The molecule has 0 saturated carbocycles. The van der Waals surface area contributed by atoms with E-state index in [4.69, 9.17) is 4.74 Å². The molecule has 1 aliphatic heterocycles. The number of phenols is 3. The number of fused-ring (bicyclic) bond motifs is 2. The number of carbonyl (C=O) groups excluding carboxylic acids is 2. The van der Waals surface area contributed by atoms with Gasteiger partial charge in [0, 0.05) is 11.1 Å². The molecular formula is C22H19LiO13. The number of aromatic hydroxyl groups is 3. The van der Waals surface area contributed by atoms with Gasteiger partial charge in [-0.15, -0.1) is 0 Å². The van der Waals surface area contributed by atoms with Crippen molar-refractivity contribution in [2.75, 3.05) is 6.61 Å². The van der Waals surface area contributed by atoms with Crippen molar-refractivity contribution in [3.63, 3.8) is 0 Å². The summed E-state index contributed by atoms with van der Waals surface area (Å²) in [5.41, 5.74) is -4.82. The summed E-state index contributed by atoms with van der Waals surface area (Å²) in [6.07, 6.45) is -9.16. The fourth-order valence-corrected chi connectivity index (χ4v) is 4.57. The number of hydrogen-bond donors (Lipinski definition) is 8. The summed E-state index contributed by atoms with van der Waals surface area (Å²) in [5.74, 6) is -8.67. The molecule has 1 saturated heterocycles. The van der Waals surface area contributed by atoms with Gasteiger partial charge in [-0.25, -0.2) is 4.79 Å². The number of rotatable bonds is 3. The Kier molecular flexibility index (Phi) is 7.15. The van der Waals surface area contributed by atoms with Gasteiger partial charge >= 0.3 is 24.8 Å². The molecule has 1 heterocycles. The Bertz CT molecular complexity index is 1300. The van der Waals surface area contributed by atoms with E-state index in [9.17, 15) is 60.3 Å². The molecule has 0 radical (unpaired) electrons. The van der Waals surface area contributed by atoms with Crippen LogP contribution in [-0.2, 0) is 4.74 Å². The standard InChI is InChI=1S/C22H20O13.Li/c1-4-8-5(2-6(24)9(4)22(33)34)13(25)10-11(15(8)27)16(28)12(18(30)17(10)29)21-20(32)19(31)14(26)7(3-23)35-21;/h2,7,14,19-21,23-24,26,28-32H,3H2,1H3,(H,33,34);/q;+1/p-1/t7-,14-,19+,20-,21+;/m1./s1. The van der Waals surface area contributed by atoms with Crippen LogP contribution in [0.2, 0.25) is 0 Å². The van der Waals surface area contributed by atoms with Crippen molar-refractivity contribution in [1.29, 1.82) is 0 Å². The summed E-state index contributed by atoms with van der Waals surface area (Å²) >= 11 is 0. The molecule has 1 fully saturated rings. The number of carbonyl (C=O) groups is 3. The summed E-state index contributed by atoms with van der Waals surface area (Å²) in [5, 5.41) is 93.5. The molecule has 2 aliphatic rings. The number of carboxylic acids is 1. The molecule has 0 aromatic heterocycles. The molecular weight excluding hydrogens is 479 g/mol. The molecule has 1 aliphatic carbocycles. The predicted molar refractivity (Wildman–Crippen MR) is 109 cm³/mol. The minimum atomic E-state index is -2.04. The minimum absolute atomic E-state index is 0. The molecule has 8 N–H and O–H groups in total. The summed E-state index contributed by atoms with van der Waals surface area (Å²) < 4.78 is 5.29. The van der Waals surface area contributed by atoms with Crippen LogP contribution in [0, 0.1) is 6.92 Å². The number of ketones is 2. The van der Waals surface area contributed by atoms with Gasteiger partial charge in [-0.1, -0.05) is 11.8 Å². The van der Waals surface area contributed by atoms with E-state index in [2.05, 4.69) is 0 Å². The van der Waals surface area contributed by atoms with Crippen molar-refractivity contribution in [2.45, 2.75) is 37.4 Å². The second kappa shape index (κ2) is 9.38. The average Bonchev–Trinajstić information content (AvgIpc) is 2.79. The van der Waals surface area contributed by atoms with Crippen LogP contribution in [0.15, 0.2) is 6.07 Å². The Morgan fingerprint density at radius 2 is 1.53 bits per heavy atom. The zero-order valence-corrected chi connectivity index (χ0v) is 18.8. The van der Waals surface area contributed by atoms with Crippen LogP contribution in [0.3, 0.4) is 0 Å². The largest absolute Gasteiger partial charge is 1.00 e. The third kappa shape index (κ3) is 3.64. The van der Waals surface area contributed by atoms with Crippen LogP contribution in [-0.4, -0.2) is 89.4 Å². The van der Waals surface area contributed by atoms with Gasteiger partial charge in [0.2, 0.25) is 0 Å². The first-order chi connectivity index (χ1) is 16.3. The second-order valence-electron chi connectivity index (χ2n) is 8.22. The predicted octanol–water partition coefficient (Wildman–Crippen LogP) is -4.82. The number of aliphatic hydroxyl groups is 4. The van der Waals surface area contributed by atoms with Crippen molar-refractivity contribution >= 4 is 17.5 Å². The van der Waals surface area contributed by atoms with Crippen LogP contribution in [0.4, 0.5) is 0 Å². The third-order valence-electron chi connectivity index (χ3n) is 6.32. The molecule has 13 nitrogen and oxygen atoms in total. The first-order valence-electron chi connectivity index (χ1n) is 10.1. The normalized spacial score (nSPS) is 25.1. The molecule has 0 amide bonds. The summed E-state index contributed by atoms with van der Waals surface area (Å²) in [6.45, 7) is 0.245. The fraction of sp³-hybridized carbons (Fsp3) is 0.318. The van der Waals surface area contributed by atoms with Crippen LogP contribution >= 0.6 is 0 Å². The van der Waals surface area contributed by atoms with Gasteiger partial charge in [0.1, 0.15) is 36.3 Å². The molecule has 5 atom stereocenters. The van der Waals surface area contributed by atoms with Gasteiger partial charge in [0.15, 0.2) is 23.1 Å². The summed E-state index contributed by atoms with van der Waals surface area (Å²) in [6, 6.07) is 0.605. The van der Waals surface area contributed by atoms with Crippen LogP contribution in [0.1, 0.15) is 59.4 Å². The Morgan fingerprint density at radius 1 is 0.944 bits per heavy atom. The molecule has 2 aromatic rings. The van der Waals surface area contributed by atoms with Crippen LogP contribution in [0.5, 0.6) is 23.0 Å². The van der Waals surface area contributed by atoms with Crippen molar-refractivity contribution in [3.05, 3.63) is 45.0 Å². The molecule has 0 bridgehead atoms. The quantitative estimate of drug-likeness (QED) is 0.0961. The second-order valence-corrected chi connectivity index (χ2v) is 8.22. The Balaban J connectivity index is 0.00000361. The molecule has 2 aromatic carbocycles. The Labute approximate surface area is 213 Å². The molecule has 0 spiro atoms. The molecule has 0 unspecified atom stereocenters.